The highest BCUT2D eigenvalue weighted by Crippen LogP contribution is 2.19. The number of rotatable bonds is 4. The van der Waals surface area contributed by atoms with Gasteiger partial charge in [0, 0.05) is 0 Å². The maximum atomic E-state index is 12.5. The number of imide groups is 1. The van der Waals surface area contributed by atoms with Crippen molar-refractivity contribution in [2.45, 2.75) is 26.3 Å². The topological polar surface area (TPSA) is 49.4 Å². The van der Waals surface area contributed by atoms with Gasteiger partial charge in [0.05, 0.1) is 6.54 Å². The second-order valence-corrected chi connectivity index (χ2v) is 6.19. The largest absolute Gasteiger partial charge is 0.329 e. The van der Waals surface area contributed by atoms with Crippen molar-refractivity contribution in [2.24, 2.45) is 0 Å². The van der Waals surface area contributed by atoms with Gasteiger partial charge in [0.1, 0.15) is 5.70 Å². The van der Waals surface area contributed by atoms with E-state index >= 15 is 0 Å². The molecule has 4 heteroatoms. The van der Waals surface area contributed by atoms with Gasteiger partial charge in [0.25, 0.3) is 5.91 Å². The Bertz CT molecular complexity index is 777. The molecule has 122 valence electrons. The molecule has 3 rings (SSSR count). The van der Waals surface area contributed by atoms with E-state index < -0.39 is 0 Å². The average molecular weight is 320 g/mol. The van der Waals surface area contributed by atoms with Gasteiger partial charge in [0.15, 0.2) is 0 Å². The molecule has 0 radical (unpaired) electrons. The van der Waals surface area contributed by atoms with Crippen molar-refractivity contribution >= 4 is 18.0 Å². The van der Waals surface area contributed by atoms with Crippen LogP contribution in [0.15, 0.2) is 60.3 Å². The van der Waals surface area contributed by atoms with Gasteiger partial charge in [-0.2, -0.15) is 0 Å². The van der Waals surface area contributed by atoms with Crippen LogP contribution in [-0.2, 0) is 11.3 Å². The fourth-order valence-corrected chi connectivity index (χ4v) is 2.63. The molecule has 1 aliphatic heterocycles. The molecule has 1 N–H and O–H groups in total. The molecule has 3 amide bonds. The second-order valence-electron chi connectivity index (χ2n) is 6.19. The van der Waals surface area contributed by atoms with Crippen LogP contribution < -0.4 is 5.32 Å². The van der Waals surface area contributed by atoms with Gasteiger partial charge in [0.2, 0.25) is 0 Å². The highest BCUT2D eigenvalue weighted by molar-refractivity contribution is 6.13. The number of nitrogens with one attached hydrogen (secondary N) is 1. The SMILES string of the molecule is CC(C)c1ccc(/C=C2/NC(=O)N(Cc3ccccc3)C2=O)cc1. The molecule has 1 aliphatic rings. The van der Waals surface area contributed by atoms with Crippen molar-refractivity contribution in [3.8, 4) is 0 Å². The molecule has 0 aromatic heterocycles. The predicted octanol–water partition coefficient (Wildman–Crippen LogP) is 3.90. The molecule has 1 fully saturated rings. The molecule has 0 atom stereocenters. The van der Waals surface area contributed by atoms with Crippen molar-refractivity contribution in [1.82, 2.24) is 10.2 Å². The normalized spacial score (nSPS) is 16.1. The van der Waals surface area contributed by atoms with Crippen LogP contribution in [0.1, 0.15) is 36.5 Å². The first kappa shape index (κ1) is 16.0. The highest BCUT2D eigenvalue weighted by atomic mass is 16.2. The zero-order chi connectivity index (χ0) is 17.1. The van der Waals surface area contributed by atoms with Gasteiger partial charge in [-0.1, -0.05) is 68.4 Å². The van der Waals surface area contributed by atoms with Crippen LogP contribution in [-0.4, -0.2) is 16.8 Å². The molecular weight excluding hydrogens is 300 g/mol. The van der Waals surface area contributed by atoms with Gasteiger partial charge in [-0.25, -0.2) is 4.79 Å². The van der Waals surface area contributed by atoms with Crippen molar-refractivity contribution in [3.05, 3.63) is 77.0 Å². The molecule has 0 bridgehead atoms. The fraction of sp³-hybridized carbons (Fsp3) is 0.200. The van der Waals surface area contributed by atoms with Crippen LogP contribution in [0.2, 0.25) is 0 Å². The Hall–Kier alpha value is -2.88. The minimum Gasteiger partial charge on any atom is -0.303 e. The Morgan fingerprint density at radius 3 is 2.29 bits per heavy atom. The maximum absolute atomic E-state index is 12.5. The van der Waals surface area contributed by atoms with Gasteiger partial charge < -0.3 is 5.32 Å². The zero-order valence-corrected chi connectivity index (χ0v) is 13.8. The van der Waals surface area contributed by atoms with Crippen LogP contribution in [0.4, 0.5) is 4.79 Å². The lowest BCUT2D eigenvalue weighted by atomic mass is 10.0. The number of hydrogen-bond acceptors (Lipinski definition) is 2. The summed E-state index contributed by atoms with van der Waals surface area (Å²) < 4.78 is 0. The standard InChI is InChI=1S/C20H20N2O2/c1-14(2)17-10-8-15(9-11-17)12-18-19(23)22(20(24)21-18)13-16-6-4-3-5-7-16/h3-12,14H,13H2,1-2H3,(H,21,24)/b18-12+. The number of amides is 3. The molecule has 1 heterocycles. The molecule has 2 aromatic rings. The Morgan fingerprint density at radius 1 is 1.00 bits per heavy atom. The number of benzene rings is 2. The summed E-state index contributed by atoms with van der Waals surface area (Å²) in [7, 11) is 0. The minimum atomic E-state index is -0.381. The summed E-state index contributed by atoms with van der Waals surface area (Å²) >= 11 is 0. The van der Waals surface area contributed by atoms with Crippen molar-refractivity contribution in [1.29, 1.82) is 0 Å². The summed E-state index contributed by atoms with van der Waals surface area (Å²) in [4.78, 5) is 25.8. The van der Waals surface area contributed by atoms with Crippen LogP contribution in [0.5, 0.6) is 0 Å². The van der Waals surface area contributed by atoms with E-state index in [0.29, 0.717) is 11.6 Å². The first-order chi connectivity index (χ1) is 11.5. The first-order valence-electron chi connectivity index (χ1n) is 8.03. The lowest BCUT2D eigenvalue weighted by Gasteiger charge is -2.11. The van der Waals surface area contributed by atoms with E-state index in [1.807, 2.05) is 54.6 Å². The summed E-state index contributed by atoms with van der Waals surface area (Å²) in [5, 5.41) is 2.66. The maximum Gasteiger partial charge on any atom is 0.329 e. The fourth-order valence-electron chi connectivity index (χ4n) is 2.63. The molecular formula is C20H20N2O2. The summed E-state index contributed by atoms with van der Waals surface area (Å²) in [5.74, 6) is 0.165. The monoisotopic (exact) mass is 320 g/mol. The average Bonchev–Trinajstić information content (AvgIpc) is 2.84. The molecule has 0 saturated carbocycles. The Labute approximate surface area is 141 Å². The number of nitrogens with zero attached hydrogens (tertiary/aromatic N) is 1. The zero-order valence-electron chi connectivity index (χ0n) is 13.8. The third-order valence-corrected chi connectivity index (χ3v) is 4.06. The molecule has 24 heavy (non-hydrogen) atoms. The summed E-state index contributed by atoms with van der Waals surface area (Å²) in [5.41, 5.74) is 3.37. The second kappa shape index (κ2) is 6.71. The molecule has 1 saturated heterocycles. The lowest BCUT2D eigenvalue weighted by Crippen LogP contribution is -2.30. The number of carbonyl (C=O) groups excluding carboxylic acids is 2. The smallest absolute Gasteiger partial charge is 0.303 e. The van der Waals surface area contributed by atoms with Gasteiger partial charge in [-0.15, -0.1) is 0 Å². The van der Waals surface area contributed by atoms with E-state index in [0.717, 1.165) is 11.1 Å². The third kappa shape index (κ3) is 3.38. The van der Waals surface area contributed by atoms with Crippen LogP contribution in [0, 0.1) is 0 Å². The number of carbonyl (C=O) groups is 2. The minimum absolute atomic E-state index is 0.273. The van der Waals surface area contributed by atoms with E-state index in [-0.39, 0.29) is 18.5 Å². The Balaban J connectivity index is 1.78. The van der Waals surface area contributed by atoms with E-state index in [2.05, 4.69) is 19.2 Å². The first-order valence-corrected chi connectivity index (χ1v) is 8.03. The van der Waals surface area contributed by atoms with Gasteiger partial charge in [-0.05, 0) is 28.7 Å². The van der Waals surface area contributed by atoms with Crippen molar-refractivity contribution < 1.29 is 9.59 Å². The van der Waals surface area contributed by atoms with Crippen molar-refractivity contribution in [3.63, 3.8) is 0 Å². The summed E-state index contributed by atoms with van der Waals surface area (Å²) in [6.45, 7) is 4.54. The van der Waals surface area contributed by atoms with Crippen LogP contribution in [0.25, 0.3) is 6.08 Å². The Kier molecular flexibility index (Phi) is 4.47. The van der Waals surface area contributed by atoms with Gasteiger partial charge >= 0.3 is 6.03 Å². The highest BCUT2D eigenvalue weighted by Gasteiger charge is 2.33. The number of urea groups is 1. The van der Waals surface area contributed by atoms with Crippen molar-refractivity contribution in [2.75, 3.05) is 0 Å². The van der Waals surface area contributed by atoms with Crippen LogP contribution in [0.3, 0.4) is 0 Å². The van der Waals surface area contributed by atoms with E-state index in [9.17, 15) is 9.59 Å². The van der Waals surface area contributed by atoms with E-state index in [4.69, 9.17) is 0 Å². The Morgan fingerprint density at radius 2 is 1.67 bits per heavy atom. The van der Waals surface area contributed by atoms with E-state index in [1.54, 1.807) is 6.08 Å². The molecule has 2 aromatic carbocycles. The molecule has 4 nitrogen and oxygen atoms in total. The molecule has 0 unspecified atom stereocenters. The van der Waals surface area contributed by atoms with E-state index in [1.165, 1.54) is 10.5 Å². The predicted molar refractivity (Wildman–Crippen MR) is 94.0 cm³/mol. The molecule has 0 spiro atoms. The summed E-state index contributed by atoms with van der Waals surface area (Å²) in [6, 6.07) is 17.1. The lowest BCUT2D eigenvalue weighted by molar-refractivity contribution is -0.123. The molecule has 0 aliphatic carbocycles. The van der Waals surface area contributed by atoms with Gasteiger partial charge in [-0.3, -0.25) is 9.69 Å². The number of hydrogen-bond donors (Lipinski definition) is 1. The summed E-state index contributed by atoms with van der Waals surface area (Å²) in [6.07, 6.45) is 1.72. The quantitative estimate of drug-likeness (QED) is 0.686. The van der Waals surface area contributed by atoms with Crippen LogP contribution >= 0.6 is 0 Å². The third-order valence-electron chi connectivity index (χ3n) is 4.06.